The molecule has 0 heterocycles. The minimum atomic E-state index is -1.11. The summed E-state index contributed by atoms with van der Waals surface area (Å²) in [5.41, 5.74) is 0.0203. The number of carboxylic acid groups (broad SMARTS) is 1. The Morgan fingerprint density at radius 2 is 2.18 bits per heavy atom. The van der Waals surface area contributed by atoms with Crippen molar-refractivity contribution in [1.29, 1.82) is 0 Å². The van der Waals surface area contributed by atoms with Gasteiger partial charge in [-0.25, -0.2) is 9.18 Å². The zero-order valence-electron chi connectivity index (χ0n) is 9.10. The standard InChI is InChI=1S/C11H11FO4S/c1-16-10(13)4-5-17-9-6-7(11(14)15)2-3-8(9)12/h2-3,6H,4-5H2,1H3,(H,14,15). The molecule has 4 nitrogen and oxygen atoms in total. The van der Waals surface area contributed by atoms with Gasteiger partial charge in [0.05, 0.1) is 19.1 Å². The molecule has 1 aromatic rings. The zero-order chi connectivity index (χ0) is 12.8. The van der Waals surface area contributed by atoms with Gasteiger partial charge in [-0.3, -0.25) is 4.79 Å². The van der Waals surface area contributed by atoms with Gasteiger partial charge in [0.15, 0.2) is 0 Å². The van der Waals surface area contributed by atoms with Gasteiger partial charge in [-0.2, -0.15) is 0 Å². The molecule has 6 heteroatoms. The summed E-state index contributed by atoms with van der Waals surface area (Å²) in [7, 11) is 1.28. The third-order valence-electron chi connectivity index (χ3n) is 1.97. The van der Waals surface area contributed by atoms with E-state index >= 15 is 0 Å². The predicted molar refractivity (Wildman–Crippen MR) is 60.7 cm³/mol. The smallest absolute Gasteiger partial charge is 0.335 e. The largest absolute Gasteiger partial charge is 0.478 e. The summed E-state index contributed by atoms with van der Waals surface area (Å²) in [6.45, 7) is 0. The third-order valence-corrected chi connectivity index (χ3v) is 3.00. The van der Waals surface area contributed by atoms with Crippen LogP contribution in [0.4, 0.5) is 4.39 Å². The molecule has 0 aliphatic heterocycles. The zero-order valence-corrected chi connectivity index (χ0v) is 9.92. The van der Waals surface area contributed by atoms with E-state index in [0.717, 1.165) is 17.8 Å². The van der Waals surface area contributed by atoms with E-state index in [1.54, 1.807) is 0 Å². The second-order valence-electron chi connectivity index (χ2n) is 3.12. The van der Waals surface area contributed by atoms with Crippen molar-refractivity contribution in [3.05, 3.63) is 29.6 Å². The number of rotatable bonds is 5. The van der Waals surface area contributed by atoms with Gasteiger partial charge >= 0.3 is 11.9 Å². The molecule has 17 heavy (non-hydrogen) atoms. The van der Waals surface area contributed by atoms with E-state index in [1.165, 1.54) is 19.2 Å². The first kappa shape index (κ1) is 13.5. The fourth-order valence-corrected chi connectivity index (χ4v) is 2.00. The number of esters is 1. The first-order valence-electron chi connectivity index (χ1n) is 4.77. The molecular weight excluding hydrogens is 247 g/mol. The fourth-order valence-electron chi connectivity index (χ4n) is 1.09. The van der Waals surface area contributed by atoms with Gasteiger partial charge in [0.1, 0.15) is 5.82 Å². The van der Waals surface area contributed by atoms with Crippen LogP contribution in [0.25, 0.3) is 0 Å². The summed E-state index contributed by atoms with van der Waals surface area (Å²) in [6.07, 6.45) is 0.151. The second kappa shape index (κ2) is 6.24. The Labute approximate surface area is 102 Å². The monoisotopic (exact) mass is 258 g/mol. The van der Waals surface area contributed by atoms with E-state index in [1.807, 2.05) is 0 Å². The Bertz CT molecular complexity index is 433. The van der Waals surface area contributed by atoms with Crippen molar-refractivity contribution in [1.82, 2.24) is 0 Å². The van der Waals surface area contributed by atoms with Crippen LogP contribution in [0.15, 0.2) is 23.1 Å². The highest BCUT2D eigenvalue weighted by molar-refractivity contribution is 7.99. The van der Waals surface area contributed by atoms with Crippen LogP contribution in [-0.4, -0.2) is 29.9 Å². The van der Waals surface area contributed by atoms with E-state index < -0.39 is 11.8 Å². The summed E-state index contributed by atoms with van der Waals surface area (Å²) < 4.78 is 17.7. The molecule has 0 aromatic heterocycles. The van der Waals surface area contributed by atoms with Crippen LogP contribution >= 0.6 is 11.8 Å². The van der Waals surface area contributed by atoms with Crippen LogP contribution in [-0.2, 0) is 9.53 Å². The summed E-state index contributed by atoms with van der Waals surface area (Å²) in [4.78, 5) is 21.7. The number of methoxy groups -OCH3 is 1. The van der Waals surface area contributed by atoms with E-state index in [0.29, 0.717) is 5.75 Å². The van der Waals surface area contributed by atoms with Crippen LogP contribution in [0.1, 0.15) is 16.8 Å². The van der Waals surface area contributed by atoms with E-state index in [9.17, 15) is 14.0 Å². The summed E-state index contributed by atoms with van der Waals surface area (Å²) >= 11 is 1.08. The SMILES string of the molecule is COC(=O)CCSc1cc(C(=O)O)ccc1F. The number of carbonyl (C=O) groups is 2. The Balaban J connectivity index is 2.66. The Hall–Kier alpha value is -1.56. The first-order chi connectivity index (χ1) is 8.04. The Kier molecular flexibility index (Phi) is 4.96. The minimum absolute atomic E-state index is 0.0203. The summed E-state index contributed by atoms with van der Waals surface area (Å²) in [6, 6.07) is 3.55. The number of carboxylic acids is 1. The van der Waals surface area contributed by atoms with Gasteiger partial charge in [0.2, 0.25) is 0 Å². The number of thioether (sulfide) groups is 1. The quantitative estimate of drug-likeness (QED) is 0.647. The molecule has 0 aliphatic carbocycles. The lowest BCUT2D eigenvalue weighted by atomic mass is 10.2. The molecule has 0 radical (unpaired) electrons. The van der Waals surface area contributed by atoms with Crippen molar-refractivity contribution >= 4 is 23.7 Å². The number of benzene rings is 1. The molecule has 1 N–H and O–H groups in total. The molecule has 0 unspecified atom stereocenters. The Morgan fingerprint density at radius 3 is 2.76 bits per heavy atom. The molecule has 0 amide bonds. The maximum Gasteiger partial charge on any atom is 0.335 e. The van der Waals surface area contributed by atoms with E-state index in [4.69, 9.17) is 5.11 Å². The van der Waals surface area contributed by atoms with Crippen molar-refractivity contribution < 1.29 is 23.8 Å². The molecule has 0 saturated heterocycles. The van der Waals surface area contributed by atoms with Crippen LogP contribution in [0.3, 0.4) is 0 Å². The molecular formula is C11H11FO4S. The lowest BCUT2D eigenvalue weighted by Crippen LogP contribution is -2.02. The highest BCUT2D eigenvalue weighted by Gasteiger charge is 2.09. The number of carbonyl (C=O) groups excluding carboxylic acids is 1. The molecule has 0 spiro atoms. The van der Waals surface area contributed by atoms with Crippen LogP contribution in [0.5, 0.6) is 0 Å². The summed E-state index contributed by atoms with van der Waals surface area (Å²) in [5.74, 6) is -1.65. The van der Waals surface area contributed by atoms with Gasteiger partial charge in [-0.1, -0.05) is 0 Å². The normalized spacial score (nSPS) is 10.0. The van der Waals surface area contributed by atoms with Gasteiger partial charge in [-0.05, 0) is 18.2 Å². The third kappa shape index (κ3) is 4.07. The maximum absolute atomic E-state index is 13.3. The van der Waals surface area contributed by atoms with Crippen LogP contribution in [0, 0.1) is 5.82 Å². The average Bonchev–Trinajstić information content (AvgIpc) is 2.30. The number of aromatic carboxylic acids is 1. The van der Waals surface area contributed by atoms with Gasteiger partial charge in [0.25, 0.3) is 0 Å². The lowest BCUT2D eigenvalue weighted by Gasteiger charge is -2.04. The average molecular weight is 258 g/mol. The Morgan fingerprint density at radius 1 is 1.47 bits per heavy atom. The first-order valence-corrected chi connectivity index (χ1v) is 5.75. The molecule has 0 saturated carbocycles. The fraction of sp³-hybridized carbons (Fsp3) is 0.273. The van der Waals surface area contributed by atoms with E-state index in [2.05, 4.69) is 4.74 Å². The van der Waals surface area contributed by atoms with Gasteiger partial charge < -0.3 is 9.84 Å². The number of hydrogen-bond acceptors (Lipinski definition) is 4. The molecule has 0 aliphatic rings. The highest BCUT2D eigenvalue weighted by Crippen LogP contribution is 2.23. The number of halogens is 1. The summed E-state index contributed by atoms with van der Waals surface area (Å²) in [5, 5.41) is 8.75. The van der Waals surface area contributed by atoms with Crippen molar-refractivity contribution in [2.75, 3.05) is 12.9 Å². The lowest BCUT2D eigenvalue weighted by molar-refractivity contribution is -0.140. The van der Waals surface area contributed by atoms with Crippen molar-refractivity contribution in [2.24, 2.45) is 0 Å². The molecule has 0 fully saturated rings. The van der Waals surface area contributed by atoms with Crippen molar-refractivity contribution in [3.63, 3.8) is 0 Å². The van der Waals surface area contributed by atoms with Crippen LogP contribution < -0.4 is 0 Å². The maximum atomic E-state index is 13.3. The topological polar surface area (TPSA) is 63.6 Å². The number of ether oxygens (including phenoxy) is 1. The molecule has 0 bridgehead atoms. The predicted octanol–water partition coefficient (Wildman–Crippen LogP) is 2.18. The van der Waals surface area contributed by atoms with Gasteiger partial charge in [0, 0.05) is 10.6 Å². The molecule has 92 valence electrons. The highest BCUT2D eigenvalue weighted by atomic mass is 32.2. The van der Waals surface area contributed by atoms with Crippen molar-refractivity contribution in [3.8, 4) is 0 Å². The minimum Gasteiger partial charge on any atom is -0.478 e. The molecule has 1 aromatic carbocycles. The molecule has 0 atom stereocenters. The number of hydrogen-bond donors (Lipinski definition) is 1. The molecule has 1 rings (SSSR count). The second-order valence-corrected chi connectivity index (χ2v) is 4.26. The van der Waals surface area contributed by atoms with Gasteiger partial charge in [-0.15, -0.1) is 11.8 Å². The van der Waals surface area contributed by atoms with E-state index in [-0.39, 0.29) is 22.8 Å². The van der Waals surface area contributed by atoms with Crippen molar-refractivity contribution in [2.45, 2.75) is 11.3 Å². The van der Waals surface area contributed by atoms with Crippen LogP contribution in [0.2, 0.25) is 0 Å².